The van der Waals surface area contributed by atoms with Crippen molar-refractivity contribution in [2.45, 2.75) is 51.6 Å². The van der Waals surface area contributed by atoms with Crippen LogP contribution in [0.1, 0.15) is 61.2 Å². The van der Waals surface area contributed by atoms with Crippen LogP contribution in [0.15, 0.2) is 39.4 Å². The summed E-state index contributed by atoms with van der Waals surface area (Å²) in [6.45, 7) is 4.36. The van der Waals surface area contributed by atoms with E-state index in [2.05, 4.69) is 53.3 Å². The van der Waals surface area contributed by atoms with Crippen LogP contribution in [0.2, 0.25) is 0 Å². The molecule has 1 aromatic heterocycles. The van der Waals surface area contributed by atoms with Gasteiger partial charge >= 0.3 is 0 Å². The lowest BCUT2D eigenvalue weighted by Crippen LogP contribution is -2.22. The van der Waals surface area contributed by atoms with Crippen molar-refractivity contribution in [3.05, 3.63) is 57.5 Å². The number of hydrogen-bond donors (Lipinski definition) is 1. The minimum atomic E-state index is 0.197. The summed E-state index contributed by atoms with van der Waals surface area (Å²) in [6, 6.07) is 11.4. The van der Waals surface area contributed by atoms with E-state index < -0.39 is 0 Å². The van der Waals surface area contributed by atoms with E-state index in [-0.39, 0.29) is 6.04 Å². The van der Waals surface area contributed by atoms with E-state index in [4.69, 9.17) is 4.42 Å². The molecule has 1 heterocycles. The van der Waals surface area contributed by atoms with Gasteiger partial charge in [-0.25, -0.2) is 0 Å². The van der Waals surface area contributed by atoms with E-state index in [0.717, 1.165) is 10.4 Å². The maximum atomic E-state index is 5.63. The molecule has 0 amide bonds. The number of furan rings is 1. The summed E-state index contributed by atoms with van der Waals surface area (Å²) in [6.07, 6.45) is 5.14. The molecule has 0 bridgehead atoms. The van der Waals surface area contributed by atoms with E-state index >= 15 is 0 Å². The molecule has 2 aromatic rings. The summed E-state index contributed by atoms with van der Waals surface area (Å²) in [5.41, 5.74) is 4.45. The fourth-order valence-corrected chi connectivity index (χ4v) is 3.46. The molecule has 1 aliphatic carbocycles. The number of aryl methyl sites for hydroxylation is 2. The van der Waals surface area contributed by atoms with Gasteiger partial charge in [-0.3, -0.25) is 0 Å². The summed E-state index contributed by atoms with van der Waals surface area (Å²) >= 11 is 3.36. The van der Waals surface area contributed by atoms with Crippen molar-refractivity contribution in [1.29, 1.82) is 0 Å². The van der Waals surface area contributed by atoms with Crippen LogP contribution < -0.4 is 5.32 Å². The normalized spacial score (nSPS) is 17.3. The molecule has 1 aromatic carbocycles. The lowest BCUT2D eigenvalue weighted by atomic mass is 9.89. The summed E-state index contributed by atoms with van der Waals surface area (Å²) < 4.78 is 6.41. The number of halogens is 1. The first-order chi connectivity index (χ1) is 10.1. The predicted molar refractivity (Wildman–Crippen MR) is 89.5 cm³/mol. The topological polar surface area (TPSA) is 25.2 Å². The summed E-state index contributed by atoms with van der Waals surface area (Å²) in [5, 5.41) is 3.62. The van der Waals surface area contributed by atoms with Crippen LogP contribution in [-0.4, -0.2) is 0 Å². The highest BCUT2D eigenvalue weighted by molar-refractivity contribution is 9.10. The molecule has 21 heavy (non-hydrogen) atoms. The third kappa shape index (κ3) is 3.41. The lowest BCUT2D eigenvalue weighted by molar-refractivity contribution is 0.393. The van der Waals surface area contributed by atoms with Gasteiger partial charge in [-0.1, -0.05) is 18.2 Å². The molecule has 0 fully saturated rings. The minimum Gasteiger partial charge on any atom is -0.453 e. The Labute approximate surface area is 135 Å². The van der Waals surface area contributed by atoms with Gasteiger partial charge in [0, 0.05) is 6.04 Å². The monoisotopic (exact) mass is 347 g/mol. The largest absolute Gasteiger partial charge is 0.453 e. The van der Waals surface area contributed by atoms with Gasteiger partial charge in [-0.05, 0) is 84.3 Å². The number of benzene rings is 1. The molecule has 112 valence electrons. The summed E-state index contributed by atoms with van der Waals surface area (Å²) in [5.74, 6) is 0.965. The Balaban J connectivity index is 1.71. The molecule has 2 unspecified atom stereocenters. The Morgan fingerprint density at radius 2 is 1.76 bits per heavy atom. The molecule has 0 radical (unpaired) electrons. The highest BCUT2D eigenvalue weighted by Crippen LogP contribution is 2.27. The van der Waals surface area contributed by atoms with E-state index in [9.17, 15) is 0 Å². The van der Waals surface area contributed by atoms with Crippen LogP contribution in [-0.2, 0) is 12.8 Å². The first kappa shape index (κ1) is 14.9. The van der Waals surface area contributed by atoms with Gasteiger partial charge in [-0.15, -0.1) is 0 Å². The second kappa shape index (κ2) is 6.37. The molecular formula is C18H22BrNO. The zero-order chi connectivity index (χ0) is 14.8. The molecule has 3 heteroatoms. The first-order valence-corrected chi connectivity index (χ1v) is 8.56. The Hall–Kier alpha value is -1.06. The van der Waals surface area contributed by atoms with Crippen molar-refractivity contribution in [2.24, 2.45) is 0 Å². The van der Waals surface area contributed by atoms with Crippen molar-refractivity contribution in [1.82, 2.24) is 5.32 Å². The lowest BCUT2D eigenvalue weighted by Gasteiger charge is -2.22. The van der Waals surface area contributed by atoms with E-state index in [1.165, 1.54) is 31.2 Å². The smallest absolute Gasteiger partial charge is 0.169 e. The van der Waals surface area contributed by atoms with Gasteiger partial charge in [0.2, 0.25) is 0 Å². The van der Waals surface area contributed by atoms with Crippen LogP contribution in [0.3, 0.4) is 0 Å². The van der Waals surface area contributed by atoms with Crippen molar-refractivity contribution in [3.63, 3.8) is 0 Å². The molecular weight excluding hydrogens is 326 g/mol. The third-order valence-corrected chi connectivity index (χ3v) is 4.82. The molecule has 1 aliphatic rings. The predicted octanol–water partition coefficient (Wildman–Crippen LogP) is 5.33. The molecule has 2 atom stereocenters. The summed E-state index contributed by atoms with van der Waals surface area (Å²) in [4.78, 5) is 0. The summed E-state index contributed by atoms with van der Waals surface area (Å²) in [7, 11) is 0. The zero-order valence-corrected chi connectivity index (χ0v) is 14.2. The van der Waals surface area contributed by atoms with Crippen LogP contribution in [0, 0.1) is 0 Å². The average Bonchev–Trinajstić information content (AvgIpc) is 2.93. The van der Waals surface area contributed by atoms with Crippen molar-refractivity contribution >= 4 is 15.9 Å². The van der Waals surface area contributed by atoms with Crippen LogP contribution in [0.25, 0.3) is 0 Å². The fourth-order valence-electron chi connectivity index (χ4n) is 3.14. The van der Waals surface area contributed by atoms with Crippen LogP contribution in [0.5, 0.6) is 0 Å². The van der Waals surface area contributed by atoms with Crippen molar-refractivity contribution < 1.29 is 4.42 Å². The standard InChI is InChI=1S/C18H22BrNO/c1-12(20-13(2)17-9-10-18(19)21-17)15-8-7-14-5-3-4-6-16(14)11-15/h7-13,20H,3-6H2,1-2H3. The second-order valence-electron chi connectivity index (χ2n) is 5.99. The first-order valence-electron chi connectivity index (χ1n) is 7.76. The van der Waals surface area contributed by atoms with E-state index in [1.807, 2.05) is 12.1 Å². The van der Waals surface area contributed by atoms with Crippen molar-refractivity contribution in [2.75, 3.05) is 0 Å². The Bertz CT molecular complexity index is 619. The maximum absolute atomic E-state index is 5.63. The molecule has 3 rings (SSSR count). The molecule has 0 spiro atoms. The fraction of sp³-hybridized carbons (Fsp3) is 0.444. The minimum absolute atomic E-state index is 0.197. The number of hydrogen-bond acceptors (Lipinski definition) is 2. The Morgan fingerprint density at radius 1 is 1.00 bits per heavy atom. The average molecular weight is 348 g/mol. The molecule has 0 saturated heterocycles. The van der Waals surface area contributed by atoms with Gasteiger partial charge in [0.15, 0.2) is 4.67 Å². The maximum Gasteiger partial charge on any atom is 0.169 e. The molecule has 0 aliphatic heterocycles. The SMILES string of the molecule is CC(NC(C)c1ccc(Br)o1)c1ccc2c(c1)CCCC2. The zero-order valence-electron chi connectivity index (χ0n) is 12.7. The Morgan fingerprint density at radius 3 is 2.48 bits per heavy atom. The number of rotatable bonds is 4. The molecule has 2 nitrogen and oxygen atoms in total. The van der Waals surface area contributed by atoms with E-state index in [0.29, 0.717) is 6.04 Å². The molecule has 1 N–H and O–H groups in total. The van der Waals surface area contributed by atoms with Gasteiger partial charge in [0.05, 0.1) is 6.04 Å². The highest BCUT2D eigenvalue weighted by atomic mass is 79.9. The molecule has 0 saturated carbocycles. The van der Waals surface area contributed by atoms with Gasteiger partial charge in [-0.2, -0.15) is 0 Å². The van der Waals surface area contributed by atoms with Gasteiger partial charge < -0.3 is 9.73 Å². The third-order valence-electron chi connectivity index (χ3n) is 4.39. The highest BCUT2D eigenvalue weighted by Gasteiger charge is 2.16. The number of fused-ring (bicyclic) bond motifs is 1. The number of nitrogens with one attached hydrogen (secondary N) is 1. The van der Waals surface area contributed by atoms with Crippen LogP contribution in [0.4, 0.5) is 0 Å². The van der Waals surface area contributed by atoms with Crippen LogP contribution >= 0.6 is 15.9 Å². The Kier molecular flexibility index (Phi) is 4.51. The quantitative estimate of drug-likeness (QED) is 0.808. The van der Waals surface area contributed by atoms with Gasteiger partial charge in [0.1, 0.15) is 5.76 Å². The van der Waals surface area contributed by atoms with E-state index in [1.54, 1.807) is 11.1 Å². The second-order valence-corrected chi connectivity index (χ2v) is 6.77. The van der Waals surface area contributed by atoms with Crippen molar-refractivity contribution in [3.8, 4) is 0 Å². The van der Waals surface area contributed by atoms with Gasteiger partial charge in [0.25, 0.3) is 0 Å².